The second-order valence-electron chi connectivity index (χ2n) is 4.08. The van der Waals surface area contributed by atoms with Crippen LogP contribution in [0.4, 0.5) is 0 Å². The van der Waals surface area contributed by atoms with E-state index in [9.17, 15) is 9.59 Å². The lowest BCUT2D eigenvalue weighted by Gasteiger charge is -2.13. The smallest absolute Gasteiger partial charge is 0.350 e. The van der Waals surface area contributed by atoms with Gasteiger partial charge in [0.05, 0.1) is 11.6 Å². The van der Waals surface area contributed by atoms with Crippen LogP contribution in [0, 0.1) is 0 Å². The number of rotatable bonds is 3. The summed E-state index contributed by atoms with van der Waals surface area (Å²) in [5.74, 6) is -0.291. The second kappa shape index (κ2) is 5.84. The number of carbonyl (C=O) groups excluding carboxylic acids is 1. The Kier molecular flexibility index (Phi) is 4.16. The maximum Gasteiger partial charge on any atom is 0.350 e. The van der Waals surface area contributed by atoms with Crippen LogP contribution in [0.1, 0.15) is 28.9 Å². The van der Waals surface area contributed by atoms with E-state index in [0.29, 0.717) is 5.56 Å². The Bertz CT molecular complexity index is 637. The summed E-state index contributed by atoms with van der Waals surface area (Å²) in [6.45, 7) is 1.89. The van der Waals surface area contributed by atoms with E-state index in [1.807, 2.05) is 37.3 Å². The lowest BCUT2D eigenvalue weighted by atomic mass is 10.1. The van der Waals surface area contributed by atoms with Gasteiger partial charge < -0.3 is 9.73 Å². The van der Waals surface area contributed by atoms with Gasteiger partial charge in [-0.05, 0) is 34.5 Å². The summed E-state index contributed by atoms with van der Waals surface area (Å²) < 4.78 is 4.96. The molecule has 0 aliphatic rings. The number of benzene rings is 1. The molecule has 4 nitrogen and oxygen atoms in total. The van der Waals surface area contributed by atoms with Crippen LogP contribution in [0.5, 0.6) is 0 Å². The molecule has 0 bridgehead atoms. The predicted molar refractivity (Wildman–Crippen MR) is 75.0 cm³/mol. The molecule has 0 saturated heterocycles. The van der Waals surface area contributed by atoms with E-state index < -0.39 is 5.63 Å². The molecule has 0 fully saturated rings. The monoisotopic (exact) mass is 321 g/mol. The molecule has 1 heterocycles. The summed E-state index contributed by atoms with van der Waals surface area (Å²) >= 11 is 3.04. The first-order chi connectivity index (χ1) is 9.08. The highest BCUT2D eigenvalue weighted by molar-refractivity contribution is 9.10. The Morgan fingerprint density at radius 2 is 2.00 bits per heavy atom. The summed E-state index contributed by atoms with van der Waals surface area (Å²) in [5, 5.41) is 2.84. The van der Waals surface area contributed by atoms with Gasteiger partial charge in [0.2, 0.25) is 0 Å². The molecule has 1 aromatic carbocycles. The van der Waals surface area contributed by atoms with Crippen LogP contribution in [-0.4, -0.2) is 5.91 Å². The molecule has 0 aliphatic heterocycles. The number of halogens is 1. The van der Waals surface area contributed by atoms with Crippen LogP contribution >= 0.6 is 15.9 Å². The van der Waals surface area contributed by atoms with Crippen LogP contribution in [0.25, 0.3) is 0 Å². The highest BCUT2D eigenvalue weighted by Gasteiger charge is 2.13. The van der Waals surface area contributed by atoms with E-state index in [4.69, 9.17) is 4.42 Å². The second-order valence-corrected chi connectivity index (χ2v) is 4.93. The molecule has 0 unspecified atom stereocenters. The van der Waals surface area contributed by atoms with Gasteiger partial charge in [-0.25, -0.2) is 4.79 Å². The number of hydrogen-bond donors (Lipinski definition) is 1. The first-order valence-electron chi connectivity index (χ1n) is 5.72. The van der Waals surface area contributed by atoms with Crippen molar-refractivity contribution in [2.24, 2.45) is 0 Å². The van der Waals surface area contributed by atoms with Crippen LogP contribution in [0.3, 0.4) is 0 Å². The van der Waals surface area contributed by atoms with E-state index in [2.05, 4.69) is 21.2 Å². The summed E-state index contributed by atoms with van der Waals surface area (Å²) in [6, 6.07) is 10.9. The molecule has 19 heavy (non-hydrogen) atoms. The fourth-order valence-corrected chi connectivity index (χ4v) is 1.97. The van der Waals surface area contributed by atoms with Crippen molar-refractivity contribution in [2.45, 2.75) is 13.0 Å². The van der Waals surface area contributed by atoms with Gasteiger partial charge in [-0.2, -0.15) is 0 Å². The maximum atomic E-state index is 12.0. The Morgan fingerprint density at radius 1 is 1.32 bits per heavy atom. The van der Waals surface area contributed by atoms with E-state index in [0.717, 1.165) is 11.8 Å². The SMILES string of the molecule is C[C@H](NC(=O)c1coc(=O)c(Br)c1)c1ccccc1. The van der Waals surface area contributed by atoms with Crippen LogP contribution in [0.15, 0.2) is 56.3 Å². The van der Waals surface area contributed by atoms with E-state index in [1.165, 1.54) is 6.07 Å². The molecular weight excluding hydrogens is 310 g/mol. The highest BCUT2D eigenvalue weighted by Crippen LogP contribution is 2.13. The minimum atomic E-state index is -0.507. The summed E-state index contributed by atoms with van der Waals surface area (Å²) in [5.41, 5.74) is 0.800. The number of amides is 1. The summed E-state index contributed by atoms with van der Waals surface area (Å²) in [4.78, 5) is 23.1. The molecule has 0 radical (unpaired) electrons. The van der Waals surface area contributed by atoms with Gasteiger partial charge in [-0.3, -0.25) is 4.79 Å². The van der Waals surface area contributed by atoms with Crippen molar-refractivity contribution in [3.05, 3.63) is 68.7 Å². The van der Waals surface area contributed by atoms with Gasteiger partial charge in [-0.15, -0.1) is 0 Å². The van der Waals surface area contributed by atoms with Crippen LogP contribution < -0.4 is 10.9 Å². The zero-order chi connectivity index (χ0) is 13.8. The Morgan fingerprint density at radius 3 is 2.63 bits per heavy atom. The van der Waals surface area contributed by atoms with E-state index >= 15 is 0 Å². The van der Waals surface area contributed by atoms with Crippen LogP contribution in [0.2, 0.25) is 0 Å². The average molecular weight is 322 g/mol. The predicted octanol–water partition coefficient (Wildman–Crippen LogP) is 2.89. The molecule has 2 rings (SSSR count). The lowest BCUT2D eigenvalue weighted by molar-refractivity contribution is 0.0937. The Balaban J connectivity index is 2.13. The van der Waals surface area contributed by atoms with Crippen molar-refractivity contribution in [3.8, 4) is 0 Å². The maximum absolute atomic E-state index is 12.0. The minimum absolute atomic E-state index is 0.126. The molecule has 1 N–H and O–H groups in total. The third-order valence-corrected chi connectivity index (χ3v) is 3.23. The van der Waals surface area contributed by atoms with Crippen molar-refractivity contribution in [1.82, 2.24) is 5.32 Å². The van der Waals surface area contributed by atoms with Crippen molar-refractivity contribution >= 4 is 21.8 Å². The molecule has 5 heteroatoms. The van der Waals surface area contributed by atoms with Gasteiger partial charge in [0.25, 0.3) is 5.91 Å². The fraction of sp³-hybridized carbons (Fsp3) is 0.143. The first kappa shape index (κ1) is 13.5. The first-order valence-corrected chi connectivity index (χ1v) is 6.51. The molecular formula is C14H12BrNO3. The summed E-state index contributed by atoms with van der Waals surface area (Å²) in [6.07, 6.45) is 1.15. The average Bonchev–Trinajstić information content (AvgIpc) is 2.42. The van der Waals surface area contributed by atoms with Gasteiger partial charge in [0.15, 0.2) is 0 Å². The minimum Gasteiger partial charge on any atom is -0.430 e. The number of hydrogen-bond acceptors (Lipinski definition) is 3. The third kappa shape index (κ3) is 3.32. The third-order valence-electron chi connectivity index (χ3n) is 2.68. The Labute approximate surface area is 118 Å². The molecule has 2 aromatic rings. The fourth-order valence-electron chi connectivity index (χ4n) is 1.63. The van der Waals surface area contributed by atoms with Gasteiger partial charge in [0.1, 0.15) is 10.7 Å². The topological polar surface area (TPSA) is 59.3 Å². The van der Waals surface area contributed by atoms with Crippen molar-refractivity contribution in [3.63, 3.8) is 0 Å². The molecule has 1 amide bonds. The largest absolute Gasteiger partial charge is 0.430 e. The van der Waals surface area contributed by atoms with Crippen molar-refractivity contribution < 1.29 is 9.21 Å². The molecule has 0 spiro atoms. The quantitative estimate of drug-likeness (QED) is 0.945. The molecule has 0 aliphatic carbocycles. The van der Waals surface area contributed by atoms with E-state index in [1.54, 1.807) is 0 Å². The Hall–Kier alpha value is -1.88. The molecule has 0 saturated carbocycles. The molecule has 98 valence electrons. The number of nitrogens with one attached hydrogen (secondary N) is 1. The van der Waals surface area contributed by atoms with Gasteiger partial charge in [0, 0.05) is 0 Å². The van der Waals surface area contributed by atoms with Crippen molar-refractivity contribution in [2.75, 3.05) is 0 Å². The lowest BCUT2D eigenvalue weighted by Crippen LogP contribution is -2.27. The highest BCUT2D eigenvalue weighted by atomic mass is 79.9. The zero-order valence-electron chi connectivity index (χ0n) is 10.2. The van der Waals surface area contributed by atoms with Crippen LogP contribution in [-0.2, 0) is 0 Å². The normalized spacial score (nSPS) is 11.9. The van der Waals surface area contributed by atoms with Crippen molar-refractivity contribution in [1.29, 1.82) is 0 Å². The van der Waals surface area contributed by atoms with E-state index in [-0.39, 0.29) is 16.4 Å². The standard InChI is InChI=1S/C14H12BrNO3/c1-9(10-5-3-2-4-6-10)16-13(17)11-7-12(15)14(18)19-8-11/h2-9H,1H3,(H,16,17)/t9-/m0/s1. The van der Waals surface area contributed by atoms with Gasteiger partial charge >= 0.3 is 5.63 Å². The molecule has 1 aromatic heterocycles. The number of carbonyl (C=O) groups is 1. The van der Waals surface area contributed by atoms with Gasteiger partial charge in [-0.1, -0.05) is 30.3 Å². The summed E-state index contributed by atoms with van der Waals surface area (Å²) in [7, 11) is 0. The zero-order valence-corrected chi connectivity index (χ0v) is 11.8. The molecule has 1 atom stereocenters.